The van der Waals surface area contributed by atoms with Gasteiger partial charge in [-0.2, -0.15) is 10.4 Å². The lowest BCUT2D eigenvalue weighted by Gasteiger charge is -2.03. The van der Waals surface area contributed by atoms with Crippen LogP contribution in [0.25, 0.3) is 5.69 Å². The molecule has 1 heterocycles. The van der Waals surface area contributed by atoms with Gasteiger partial charge in [-0.15, -0.1) is 0 Å². The van der Waals surface area contributed by atoms with Gasteiger partial charge >= 0.3 is 0 Å². The maximum absolute atomic E-state index is 8.81. The lowest BCUT2D eigenvalue weighted by atomic mass is 10.2. The van der Waals surface area contributed by atoms with E-state index in [-0.39, 0.29) is 0 Å². The SMILES string of the molecule is Cc1c(C#N)cnn1-c1ccc(Br)cc1. The van der Waals surface area contributed by atoms with E-state index in [0.29, 0.717) is 5.56 Å². The Morgan fingerprint density at radius 2 is 2.00 bits per heavy atom. The highest BCUT2D eigenvalue weighted by molar-refractivity contribution is 9.10. The highest BCUT2D eigenvalue weighted by Crippen LogP contribution is 2.16. The average Bonchev–Trinajstić information content (AvgIpc) is 2.61. The average molecular weight is 262 g/mol. The fraction of sp³-hybridized carbons (Fsp3) is 0.0909. The van der Waals surface area contributed by atoms with Gasteiger partial charge < -0.3 is 0 Å². The molecular weight excluding hydrogens is 254 g/mol. The van der Waals surface area contributed by atoms with Gasteiger partial charge in [-0.05, 0) is 31.2 Å². The first kappa shape index (κ1) is 9.94. The first-order chi connectivity index (χ1) is 7.22. The second-order valence-electron chi connectivity index (χ2n) is 3.14. The summed E-state index contributed by atoms with van der Waals surface area (Å²) in [4.78, 5) is 0. The normalized spacial score (nSPS) is 9.93. The van der Waals surface area contributed by atoms with Crippen molar-refractivity contribution in [3.05, 3.63) is 46.2 Å². The van der Waals surface area contributed by atoms with Crippen LogP contribution in [0.15, 0.2) is 34.9 Å². The predicted octanol–water partition coefficient (Wildman–Crippen LogP) is 2.81. The molecule has 2 aromatic rings. The Labute approximate surface area is 96.1 Å². The van der Waals surface area contributed by atoms with Gasteiger partial charge in [0.1, 0.15) is 6.07 Å². The Morgan fingerprint density at radius 1 is 1.33 bits per heavy atom. The zero-order valence-electron chi connectivity index (χ0n) is 8.11. The molecule has 3 nitrogen and oxygen atoms in total. The van der Waals surface area contributed by atoms with Crippen LogP contribution in [-0.2, 0) is 0 Å². The van der Waals surface area contributed by atoms with E-state index < -0.39 is 0 Å². The van der Waals surface area contributed by atoms with E-state index in [1.54, 1.807) is 10.9 Å². The Morgan fingerprint density at radius 3 is 2.53 bits per heavy atom. The molecule has 0 saturated carbocycles. The minimum atomic E-state index is 0.609. The van der Waals surface area contributed by atoms with Gasteiger partial charge in [-0.3, -0.25) is 0 Å². The van der Waals surface area contributed by atoms with E-state index in [4.69, 9.17) is 5.26 Å². The van der Waals surface area contributed by atoms with E-state index in [9.17, 15) is 0 Å². The van der Waals surface area contributed by atoms with Gasteiger partial charge in [-0.25, -0.2) is 4.68 Å². The molecule has 1 aromatic heterocycles. The number of hydrogen-bond acceptors (Lipinski definition) is 2. The van der Waals surface area contributed by atoms with Gasteiger partial charge in [0.2, 0.25) is 0 Å². The van der Waals surface area contributed by atoms with Crippen LogP contribution in [-0.4, -0.2) is 9.78 Å². The molecule has 1 aromatic carbocycles. The van der Waals surface area contributed by atoms with E-state index in [1.807, 2.05) is 31.2 Å². The van der Waals surface area contributed by atoms with Gasteiger partial charge in [-0.1, -0.05) is 15.9 Å². The van der Waals surface area contributed by atoms with Crippen molar-refractivity contribution < 1.29 is 0 Å². The van der Waals surface area contributed by atoms with Crippen LogP contribution in [0, 0.1) is 18.3 Å². The molecule has 0 spiro atoms. The summed E-state index contributed by atoms with van der Waals surface area (Å²) in [5, 5.41) is 13.0. The van der Waals surface area contributed by atoms with Crippen LogP contribution in [0.5, 0.6) is 0 Å². The summed E-state index contributed by atoms with van der Waals surface area (Å²) in [7, 11) is 0. The quantitative estimate of drug-likeness (QED) is 0.792. The molecule has 0 saturated heterocycles. The van der Waals surface area contributed by atoms with E-state index >= 15 is 0 Å². The molecule has 4 heteroatoms. The van der Waals surface area contributed by atoms with Crippen LogP contribution in [0.3, 0.4) is 0 Å². The molecule has 74 valence electrons. The van der Waals surface area contributed by atoms with E-state index in [1.165, 1.54) is 0 Å². The molecule has 0 aliphatic carbocycles. The predicted molar refractivity (Wildman–Crippen MR) is 60.7 cm³/mol. The minimum Gasteiger partial charge on any atom is -0.237 e. The highest BCUT2D eigenvalue weighted by atomic mass is 79.9. The van der Waals surface area contributed by atoms with Gasteiger partial charge in [0.05, 0.1) is 23.1 Å². The highest BCUT2D eigenvalue weighted by Gasteiger charge is 2.06. The smallest absolute Gasteiger partial charge is 0.103 e. The molecule has 0 aliphatic rings. The van der Waals surface area contributed by atoms with Gasteiger partial charge in [0.15, 0.2) is 0 Å². The van der Waals surface area contributed by atoms with Crippen LogP contribution in [0.2, 0.25) is 0 Å². The topological polar surface area (TPSA) is 41.6 Å². The Hall–Kier alpha value is -1.60. The summed E-state index contributed by atoms with van der Waals surface area (Å²) in [5.74, 6) is 0. The summed E-state index contributed by atoms with van der Waals surface area (Å²) in [6.07, 6.45) is 1.58. The third-order valence-corrected chi connectivity index (χ3v) is 2.73. The third kappa shape index (κ3) is 1.79. The standard InChI is InChI=1S/C11H8BrN3/c1-8-9(6-13)7-14-15(8)11-4-2-10(12)3-5-11/h2-5,7H,1H3. The summed E-state index contributed by atoms with van der Waals surface area (Å²) in [6, 6.07) is 9.90. The minimum absolute atomic E-state index is 0.609. The maximum Gasteiger partial charge on any atom is 0.103 e. The van der Waals surface area contributed by atoms with Crippen molar-refractivity contribution in [3.63, 3.8) is 0 Å². The number of nitrogens with zero attached hydrogens (tertiary/aromatic N) is 3. The number of hydrogen-bond donors (Lipinski definition) is 0. The second-order valence-corrected chi connectivity index (χ2v) is 4.06. The number of rotatable bonds is 1. The molecule has 0 atom stereocenters. The molecule has 0 aliphatic heterocycles. The second kappa shape index (κ2) is 3.87. The van der Waals surface area contributed by atoms with Crippen molar-refractivity contribution in [2.24, 2.45) is 0 Å². The summed E-state index contributed by atoms with van der Waals surface area (Å²) in [5.41, 5.74) is 2.43. The first-order valence-corrected chi connectivity index (χ1v) is 5.22. The molecule has 0 unspecified atom stereocenters. The van der Waals surface area contributed by atoms with Gasteiger partial charge in [0.25, 0.3) is 0 Å². The first-order valence-electron chi connectivity index (χ1n) is 4.43. The molecule has 0 bridgehead atoms. The Bertz CT molecular complexity index is 520. The molecular formula is C11H8BrN3. The number of halogens is 1. The van der Waals surface area contributed by atoms with Crippen molar-refractivity contribution in [2.45, 2.75) is 6.92 Å². The number of nitriles is 1. The number of aromatic nitrogens is 2. The molecule has 0 fully saturated rings. The summed E-state index contributed by atoms with van der Waals surface area (Å²) in [6.45, 7) is 1.88. The maximum atomic E-state index is 8.81. The van der Waals surface area contributed by atoms with E-state index in [0.717, 1.165) is 15.9 Å². The van der Waals surface area contributed by atoms with E-state index in [2.05, 4.69) is 27.1 Å². The van der Waals surface area contributed by atoms with Crippen molar-refractivity contribution in [2.75, 3.05) is 0 Å². The van der Waals surface area contributed by atoms with Crippen LogP contribution < -0.4 is 0 Å². The summed E-state index contributed by atoms with van der Waals surface area (Å²) < 4.78 is 2.78. The molecule has 0 amide bonds. The molecule has 15 heavy (non-hydrogen) atoms. The Balaban J connectivity index is 2.51. The van der Waals surface area contributed by atoms with Crippen LogP contribution in [0.4, 0.5) is 0 Å². The van der Waals surface area contributed by atoms with Crippen LogP contribution >= 0.6 is 15.9 Å². The van der Waals surface area contributed by atoms with Crippen LogP contribution in [0.1, 0.15) is 11.3 Å². The van der Waals surface area contributed by atoms with Gasteiger partial charge in [0, 0.05) is 4.47 Å². The van der Waals surface area contributed by atoms with Crippen molar-refractivity contribution in [1.29, 1.82) is 5.26 Å². The fourth-order valence-electron chi connectivity index (χ4n) is 1.36. The molecule has 0 radical (unpaired) electrons. The fourth-order valence-corrected chi connectivity index (χ4v) is 1.63. The van der Waals surface area contributed by atoms with Crippen molar-refractivity contribution in [3.8, 4) is 11.8 Å². The van der Waals surface area contributed by atoms with Crippen molar-refractivity contribution >= 4 is 15.9 Å². The summed E-state index contributed by atoms with van der Waals surface area (Å²) >= 11 is 3.37. The molecule has 0 N–H and O–H groups in total. The third-order valence-electron chi connectivity index (χ3n) is 2.20. The Kier molecular flexibility index (Phi) is 2.57. The number of benzene rings is 1. The van der Waals surface area contributed by atoms with Crippen molar-refractivity contribution in [1.82, 2.24) is 9.78 Å². The lowest BCUT2D eigenvalue weighted by molar-refractivity contribution is 0.846. The zero-order chi connectivity index (χ0) is 10.8. The monoisotopic (exact) mass is 261 g/mol. The lowest BCUT2D eigenvalue weighted by Crippen LogP contribution is -1.98. The largest absolute Gasteiger partial charge is 0.237 e. The molecule has 2 rings (SSSR count). The zero-order valence-corrected chi connectivity index (χ0v) is 9.69.